The number of aromatic hydroxyl groups is 3. The van der Waals surface area contributed by atoms with Crippen molar-refractivity contribution in [1.82, 2.24) is 0 Å². The van der Waals surface area contributed by atoms with Gasteiger partial charge >= 0.3 is 11.9 Å². The van der Waals surface area contributed by atoms with Crippen LogP contribution in [0.5, 0.6) is 17.2 Å². The third-order valence-electron chi connectivity index (χ3n) is 7.23. The molecule has 0 atom stereocenters. The summed E-state index contributed by atoms with van der Waals surface area (Å²) in [5.41, 5.74) is -0.111. The molecule has 2 fully saturated rings. The molecule has 2 aliphatic carbocycles. The second-order valence-corrected chi connectivity index (χ2v) is 9.52. The Bertz CT molecular complexity index is 822. The second-order valence-electron chi connectivity index (χ2n) is 9.52. The molecule has 1 aromatic carbocycles. The zero-order chi connectivity index (χ0) is 22.6. The molecule has 0 spiro atoms. The molecular weight excluding hydrogens is 400 g/mol. The first-order chi connectivity index (χ1) is 14.7. The average Bonchev–Trinajstić information content (AvgIpc) is 3.63. The van der Waals surface area contributed by atoms with Crippen molar-refractivity contribution in [3.63, 3.8) is 0 Å². The SMILES string of the molecule is O=C(O)C1(CCCCCCc2c(O)c(O)cc(CCCCC3(C(=O)O)CC3)c2O)CC1. The number of aryl methyl sites for hydroxylation is 1. The molecule has 7 heteroatoms. The van der Waals surface area contributed by atoms with Crippen LogP contribution < -0.4 is 0 Å². The minimum absolute atomic E-state index is 0.0116. The zero-order valence-electron chi connectivity index (χ0n) is 18.0. The molecule has 3 rings (SSSR count). The van der Waals surface area contributed by atoms with Gasteiger partial charge in [0.15, 0.2) is 11.5 Å². The maximum absolute atomic E-state index is 11.2. The first-order valence-electron chi connectivity index (χ1n) is 11.4. The normalized spacial score (nSPS) is 17.9. The van der Waals surface area contributed by atoms with Crippen LogP contribution in [-0.4, -0.2) is 37.5 Å². The largest absolute Gasteiger partial charge is 0.507 e. The molecular formula is C24H34O7. The number of hydrogen-bond acceptors (Lipinski definition) is 5. The van der Waals surface area contributed by atoms with Gasteiger partial charge < -0.3 is 25.5 Å². The molecule has 0 aromatic heterocycles. The highest BCUT2D eigenvalue weighted by Crippen LogP contribution is 2.51. The number of rotatable bonds is 14. The van der Waals surface area contributed by atoms with E-state index in [4.69, 9.17) is 0 Å². The van der Waals surface area contributed by atoms with Gasteiger partial charge in [0.2, 0.25) is 0 Å². The van der Waals surface area contributed by atoms with Gasteiger partial charge in [0, 0.05) is 5.56 Å². The van der Waals surface area contributed by atoms with E-state index in [9.17, 15) is 35.1 Å². The van der Waals surface area contributed by atoms with Gasteiger partial charge in [-0.3, -0.25) is 9.59 Å². The van der Waals surface area contributed by atoms with Crippen LogP contribution in [0.25, 0.3) is 0 Å². The van der Waals surface area contributed by atoms with Crippen molar-refractivity contribution in [3.05, 3.63) is 17.2 Å². The smallest absolute Gasteiger partial charge is 0.309 e. The quantitative estimate of drug-likeness (QED) is 0.162. The topological polar surface area (TPSA) is 135 Å². The van der Waals surface area contributed by atoms with Crippen LogP contribution in [0.3, 0.4) is 0 Å². The van der Waals surface area contributed by atoms with Crippen molar-refractivity contribution in [2.45, 2.75) is 89.9 Å². The van der Waals surface area contributed by atoms with E-state index in [0.717, 1.165) is 57.8 Å². The Morgan fingerprint density at radius 3 is 1.71 bits per heavy atom. The Labute approximate surface area is 182 Å². The van der Waals surface area contributed by atoms with Gasteiger partial charge in [0.05, 0.1) is 10.8 Å². The standard InChI is InChI=1S/C24H34O7/c25-18-15-16(7-4-6-10-24(13-14-24)22(30)31)19(26)17(20(18)27)8-3-1-2-5-9-23(11-12-23)21(28)29/h15,25-27H,1-14H2,(H,28,29)(H,30,31). The summed E-state index contributed by atoms with van der Waals surface area (Å²) in [5.74, 6) is -1.94. The van der Waals surface area contributed by atoms with Crippen LogP contribution in [0, 0.1) is 10.8 Å². The van der Waals surface area contributed by atoms with E-state index in [2.05, 4.69) is 0 Å². The summed E-state index contributed by atoms with van der Waals surface area (Å²) in [6.07, 6.45) is 10.1. The summed E-state index contributed by atoms with van der Waals surface area (Å²) in [6.45, 7) is 0. The molecule has 31 heavy (non-hydrogen) atoms. The van der Waals surface area contributed by atoms with Crippen molar-refractivity contribution in [2.24, 2.45) is 10.8 Å². The zero-order valence-corrected chi connectivity index (χ0v) is 18.0. The van der Waals surface area contributed by atoms with Crippen molar-refractivity contribution < 1.29 is 35.1 Å². The van der Waals surface area contributed by atoms with Gasteiger partial charge in [-0.25, -0.2) is 0 Å². The summed E-state index contributed by atoms with van der Waals surface area (Å²) in [7, 11) is 0. The Morgan fingerprint density at radius 2 is 1.19 bits per heavy atom. The van der Waals surface area contributed by atoms with Crippen molar-refractivity contribution in [2.75, 3.05) is 0 Å². The molecule has 0 amide bonds. The maximum Gasteiger partial charge on any atom is 0.309 e. The molecule has 0 radical (unpaired) electrons. The Hall–Kier alpha value is -2.44. The molecule has 0 unspecified atom stereocenters. The van der Waals surface area contributed by atoms with Gasteiger partial charge in [-0.05, 0) is 75.8 Å². The van der Waals surface area contributed by atoms with E-state index >= 15 is 0 Å². The lowest BCUT2D eigenvalue weighted by atomic mass is 9.94. The van der Waals surface area contributed by atoms with E-state index in [-0.39, 0.29) is 17.2 Å². The van der Waals surface area contributed by atoms with Crippen molar-refractivity contribution in [3.8, 4) is 17.2 Å². The molecule has 0 bridgehead atoms. The maximum atomic E-state index is 11.2. The predicted octanol–water partition coefficient (Wildman–Crippen LogP) is 4.74. The number of carboxylic acids is 2. The summed E-state index contributed by atoms with van der Waals surface area (Å²) in [5, 5.41) is 49.3. The second kappa shape index (κ2) is 9.37. The molecule has 5 N–H and O–H groups in total. The first kappa shape index (κ1) is 23.2. The average molecular weight is 435 g/mol. The summed E-state index contributed by atoms with van der Waals surface area (Å²) in [4.78, 5) is 22.4. The fourth-order valence-electron chi connectivity index (χ4n) is 4.53. The van der Waals surface area contributed by atoms with Gasteiger partial charge in [-0.15, -0.1) is 0 Å². The Kier molecular flexibility index (Phi) is 7.02. The van der Waals surface area contributed by atoms with E-state index in [1.807, 2.05) is 0 Å². The number of phenolic OH excluding ortho intramolecular Hbond substituents is 3. The van der Waals surface area contributed by atoms with E-state index in [1.165, 1.54) is 6.07 Å². The van der Waals surface area contributed by atoms with Crippen molar-refractivity contribution in [1.29, 1.82) is 0 Å². The lowest BCUT2D eigenvalue weighted by molar-refractivity contribution is -0.144. The third kappa shape index (κ3) is 5.43. The monoisotopic (exact) mass is 434 g/mol. The summed E-state index contributed by atoms with van der Waals surface area (Å²) >= 11 is 0. The molecule has 2 saturated carbocycles. The number of carbonyl (C=O) groups is 2. The van der Waals surface area contributed by atoms with E-state index in [1.54, 1.807) is 0 Å². The summed E-state index contributed by atoms with van der Waals surface area (Å²) < 4.78 is 0. The number of hydrogen-bond donors (Lipinski definition) is 5. The molecule has 172 valence electrons. The van der Waals surface area contributed by atoms with Crippen LogP contribution in [0.1, 0.15) is 88.2 Å². The molecule has 0 saturated heterocycles. The van der Waals surface area contributed by atoms with Gasteiger partial charge in [-0.2, -0.15) is 0 Å². The number of aliphatic carboxylic acids is 2. The van der Waals surface area contributed by atoms with Crippen LogP contribution in [0.15, 0.2) is 6.07 Å². The van der Waals surface area contributed by atoms with Gasteiger partial charge in [0.25, 0.3) is 0 Å². The van der Waals surface area contributed by atoms with E-state index < -0.39 is 22.8 Å². The van der Waals surface area contributed by atoms with Crippen LogP contribution in [0.4, 0.5) is 0 Å². The predicted molar refractivity (Wildman–Crippen MR) is 114 cm³/mol. The fourth-order valence-corrected chi connectivity index (χ4v) is 4.53. The Morgan fingerprint density at radius 1 is 0.710 bits per heavy atom. The highest BCUT2D eigenvalue weighted by atomic mass is 16.4. The van der Waals surface area contributed by atoms with Crippen LogP contribution in [0.2, 0.25) is 0 Å². The highest BCUT2D eigenvalue weighted by molar-refractivity contribution is 5.78. The minimum Gasteiger partial charge on any atom is -0.507 e. The molecule has 0 heterocycles. The summed E-state index contributed by atoms with van der Waals surface area (Å²) in [6, 6.07) is 1.39. The van der Waals surface area contributed by atoms with Crippen molar-refractivity contribution >= 4 is 11.9 Å². The first-order valence-corrected chi connectivity index (χ1v) is 11.4. The van der Waals surface area contributed by atoms with Gasteiger partial charge in [-0.1, -0.05) is 25.7 Å². The van der Waals surface area contributed by atoms with Gasteiger partial charge in [0.1, 0.15) is 5.75 Å². The Balaban J connectivity index is 1.44. The van der Waals surface area contributed by atoms with Crippen LogP contribution >= 0.6 is 0 Å². The molecule has 0 aliphatic heterocycles. The molecule has 1 aromatic rings. The number of unbranched alkanes of at least 4 members (excludes halogenated alkanes) is 4. The number of carboxylic acid groups (broad SMARTS) is 2. The lowest BCUT2D eigenvalue weighted by Gasteiger charge is -2.14. The highest BCUT2D eigenvalue weighted by Gasteiger charge is 2.49. The lowest BCUT2D eigenvalue weighted by Crippen LogP contribution is -2.14. The fraction of sp³-hybridized carbons (Fsp3) is 0.667. The number of benzene rings is 1. The number of phenols is 3. The van der Waals surface area contributed by atoms with Crippen LogP contribution in [-0.2, 0) is 22.4 Å². The molecule has 7 nitrogen and oxygen atoms in total. The molecule has 2 aliphatic rings. The third-order valence-corrected chi connectivity index (χ3v) is 7.23. The van der Waals surface area contributed by atoms with E-state index in [0.29, 0.717) is 43.2 Å². The minimum atomic E-state index is -0.727.